The Labute approximate surface area is 199 Å². The number of aromatic nitrogens is 1. The number of carbonyl (C=O) groups excluding carboxylic acids is 1. The predicted molar refractivity (Wildman–Crippen MR) is 130 cm³/mol. The SMILES string of the molecule is Cc1c(-c2ccccc2)c(N2CC[C@H](N(C)C)C2)c2oc(C(=O)N3CCOCC3)nc2c1C#N. The fourth-order valence-electron chi connectivity index (χ4n) is 5.00. The first kappa shape index (κ1) is 22.4. The minimum absolute atomic E-state index is 0.0302. The topological polar surface area (TPSA) is 85.8 Å². The number of hydrogen-bond acceptors (Lipinski definition) is 7. The average molecular weight is 460 g/mol. The van der Waals surface area contributed by atoms with Crippen LogP contribution in [0.2, 0.25) is 0 Å². The largest absolute Gasteiger partial charge is 0.430 e. The molecule has 1 amide bonds. The number of ether oxygens (including phenoxy) is 1. The summed E-state index contributed by atoms with van der Waals surface area (Å²) >= 11 is 0. The molecule has 0 aliphatic carbocycles. The van der Waals surface area contributed by atoms with E-state index in [9.17, 15) is 10.1 Å². The van der Waals surface area contributed by atoms with E-state index in [4.69, 9.17) is 9.15 Å². The second-order valence-electron chi connectivity index (χ2n) is 9.15. The van der Waals surface area contributed by atoms with Crippen LogP contribution in [0.15, 0.2) is 34.7 Å². The first-order chi connectivity index (χ1) is 16.5. The Hall–Kier alpha value is -3.41. The van der Waals surface area contributed by atoms with Crippen LogP contribution in [0.3, 0.4) is 0 Å². The van der Waals surface area contributed by atoms with Crippen molar-refractivity contribution in [2.75, 3.05) is 58.4 Å². The number of rotatable bonds is 4. The molecule has 2 aliphatic heterocycles. The summed E-state index contributed by atoms with van der Waals surface area (Å²) in [6, 6.07) is 12.8. The molecule has 0 spiro atoms. The third-order valence-electron chi connectivity index (χ3n) is 6.93. The van der Waals surface area contributed by atoms with Gasteiger partial charge < -0.3 is 23.9 Å². The van der Waals surface area contributed by atoms with E-state index in [0.717, 1.165) is 41.9 Å². The van der Waals surface area contributed by atoms with E-state index in [1.807, 2.05) is 25.1 Å². The summed E-state index contributed by atoms with van der Waals surface area (Å²) < 4.78 is 11.6. The molecule has 3 heterocycles. The maximum absolute atomic E-state index is 13.2. The van der Waals surface area contributed by atoms with Gasteiger partial charge in [-0.25, -0.2) is 4.98 Å². The monoisotopic (exact) mass is 459 g/mol. The molecule has 2 fully saturated rings. The zero-order chi connectivity index (χ0) is 23.8. The van der Waals surface area contributed by atoms with Crippen LogP contribution in [0.25, 0.3) is 22.2 Å². The number of benzene rings is 2. The summed E-state index contributed by atoms with van der Waals surface area (Å²) in [5.74, 6) is -0.233. The minimum atomic E-state index is -0.263. The van der Waals surface area contributed by atoms with Crippen LogP contribution in [0.1, 0.15) is 28.2 Å². The Morgan fingerprint density at radius 1 is 1.18 bits per heavy atom. The molecule has 176 valence electrons. The van der Waals surface area contributed by atoms with Crippen molar-refractivity contribution in [2.24, 2.45) is 0 Å². The molecule has 2 saturated heterocycles. The van der Waals surface area contributed by atoms with Crippen LogP contribution in [0.5, 0.6) is 0 Å². The van der Waals surface area contributed by atoms with Crippen molar-refractivity contribution in [3.63, 3.8) is 0 Å². The maximum Gasteiger partial charge on any atom is 0.309 e. The lowest BCUT2D eigenvalue weighted by atomic mass is 9.93. The summed E-state index contributed by atoms with van der Waals surface area (Å²) in [5.41, 5.74) is 5.16. The maximum atomic E-state index is 13.2. The normalized spacial score (nSPS) is 18.6. The Balaban J connectivity index is 1.72. The highest BCUT2D eigenvalue weighted by molar-refractivity contribution is 6.04. The summed E-state index contributed by atoms with van der Waals surface area (Å²) in [7, 11) is 4.19. The number of likely N-dealkylation sites (N-methyl/N-ethyl adjacent to an activating group) is 1. The van der Waals surface area contributed by atoms with Gasteiger partial charge in [-0.3, -0.25) is 4.79 Å². The van der Waals surface area contributed by atoms with Crippen LogP contribution < -0.4 is 4.90 Å². The molecule has 8 heteroatoms. The van der Waals surface area contributed by atoms with Gasteiger partial charge in [0.2, 0.25) is 0 Å². The first-order valence-electron chi connectivity index (χ1n) is 11.7. The number of oxazole rings is 1. The number of nitriles is 1. The fraction of sp³-hybridized carbons (Fsp3) is 0.423. The molecule has 1 aromatic heterocycles. The fourth-order valence-corrected chi connectivity index (χ4v) is 5.00. The summed E-state index contributed by atoms with van der Waals surface area (Å²) in [6.45, 7) is 5.65. The van der Waals surface area contributed by atoms with Crippen molar-refractivity contribution in [1.82, 2.24) is 14.8 Å². The zero-order valence-corrected chi connectivity index (χ0v) is 19.9. The van der Waals surface area contributed by atoms with Crippen LogP contribution >= 0.6 is 0 Å². The number of anilines is 1. The van der Waals surface area contributed by atoms with Crippen molar-refractivity contribution >= 4 is 22.7 Å². The second-order valence-corrected chi connectivity index (χ2v) is 9.15. The smallest absolute Gasteiger partial charge is 0.309 e. The van der Waals surface area contributed by atoms with E-state index < -0.39 is 0 Å². The highest BCUT2D eigenvalue weighted by atomic mass is 16.5. The molecule has 1 atom stereocenters. The molecular weight excluding hydrogens is 430 g/mol. The predicted octanol–water partition coefficient (Wildman–Crippen LogP) is 3.29. The van der Waals surface area contributed by atoms with Gasteiger partial charge in [-0.1, -0.05) is 30.3 Å². The summed E-state index contributed by atoms with van der Waals surface area (Å²) in [4.78, 5) is 24.0. The number of morpholine rings is 1. The van der Waals surface area contributed by atoms with Crippen molar-refractivity contribution in [3.05, 3.63) is 47.3 Å². The minimum Gasteiger partial charge on any atom is -0.430 e. The quantitative estimate of drug-likeness (QED) is 0.592. The van der Waals surface area contributed by atoms with Gasteiger partial charge in [-0.05, 0) is 38.6 Å². The Bertz CT molecular complexity index is 1260. The molecule has 0 radical (unpaired) electrons. The molecule has 3 aromatic rings. The van der Waals surface area contributed by atoms with Crippen LogP contribution in [-0.4, -0.2) is 80.2 Å². The summed E-state index contributed by atoms with van der Waals surface area (Å²) in [6.07, 6.45) is 1.02. The van der Waals surface area contributed by atoms with E-state index >= 15 is 0 Å². The third kappa shape index (κ3) is 3.81. The third-order valence-corrected chi connectivity index (χ3v) is 6.93. The lowest BCUT2D eigenvalue weighted by molar-refractivity contribution is 0.0279. The van der Waals surface area contributed by atoms with E-state index in [-0.39, 0.29) is 11.8 Å². The lowest BCUT2D eigenvalue weighted by Crippen LogP contribution is -2.40. The Morgan fingerprint density at radius 3 is 2.56 bits per heavy atom. The Kier molecular flexibility index (Phi) is 5.98. The van der Waals surface area contributed by atoms with Gasteiger partial charge in [-0.15, -0.1) is 0 Å². The van der Waals surface area contributed by atoms with Crippen LogP contribution in [-0.2, 0) is 4.74 Å². The van der Waals surface area contributed by atoms with Crippen molar-refractivity contribution in [3.8, 4) is 17.2 Å². The number of carbonyl (C=O) groups is 1. The number of fused-ring (bicyclic) bond motifs is 1. The first-order valence-corrected chi connectivity index (χ1v) is 11.7. The van der Waals surface area contributed by atoms with Crippen LogP contribution in [0.4, 0.5) is 5.69 Å². The van der Waals surface area contributed by atoms with Gasteiger partial charge in [0.15, 0.2) is 5.58 Å². The molecule has 0 N–H and O–H groups in total. The molecule has 2 aliphatic rings. The molecule has 0 bridgehead atoms. The van der Waals surface area contributed by atoms with Crippen molar-refractivity contribution in [2.45, 2.75) is 19.4 Å². The molecule has 8 nitrogen and oxygen atoms in total. The highest BCUT2D eigenvalue weighted by Crippen LogP contribution is 2.44. The van der Waals surface area contributed by atoms with E-state index in [1.54, 1.807) is 4.90 Å². The van der Waals surface area contributed by atoms with E-state index in [0.29, 0.717) is 49.0 Å². The van der Waals surface area contributed by atoms with Gasteiger partial charge in [-0.2, -0.15) is 5.26 Å². The second kappa shape index (κ2) is 9.09. The number of hydrogen-bond donors (Lipinski definition) is 0. The van der Waals surface area contributed by atoms with E-state index in [1.165, 1.54) is 0 Å². The van der Waals surface area contributed by atoms with Gasteiger partial charge >= 0.3 is 5.91 Å². The van der Waals surface area contributed by atoms with Crippen LogP contribution in [0, 0.1) is 18.3 Å². The lowest BCUT2D eigenvalue weighted by Gasteiger charge is -2.26. The summed E-state index contributed by atoms with van der Waals surface area (Å²) in [5, 5.41) is 10.1. The van der Waals surface area contributed by atoms with Crippen molar-refractivity contribution in [1.29, 1.82) is 5.26 Å². The molecule has 34 heavy (non-hydrogen) atoms. The molecule has 5 rings (SSSR count). The molecule has 0 unspecified atom stereocenters. The Morgan fingerprint density at radius 2 is 1.91 bits per heavy atom. The van der Waals surface area contributed by atoms with Crippen molar-refractivity contribution < 1.29 is 13.9 Å². The van der Waals surface area contributed by atoms with Gasteiger partial charge in [0.1, 0.15) is 11.6 Å². The van der Waals surface area contributed by atoms with Gasteiger partial charge in [0.05, 0.1) is 24.5 Å². The molecular formula is C26H29N5O3. The number of amides is 1. The average Bonchev–Trinajstić information content (AvgIpc) is 3.52. The molecule has 2 aromatic carbocycles. The van der Waals surface area contributed by atoms with Gasteiger partial charge in [0, 0.05) is 37.8 Å². The molecule has 0 saturated carbocycles. The standard InChI is InChI=1S/C26H29N5O3/c1-17-20(15-27)22-24(34-25(28-22)26(32)30-11-13-33-14-12-30)23(21(17)18-7-5-4-6-8-18)31-10-9-19(16-31)29(2)3/h4-8,19H,9-14,16H2,1-3H3/t19-/m0/s1. The van der Waals surface area contributed by atoms with Gasteiger partial charge in [0.25, 0.3) is 5.89 Å². The zero-order valence-electron chi connectivity index (χ0n) is 19.9. The van der Waals surface area contributed by atoms with E-state index in [2.05, 4.69) is 47.1 Å². The number of nitrogens with zero attached hydrogens (tertiary/aromatic N) is 5. The highest BCUT2D eigenvalue weighted by Gasteiger charge is 2.33.